The molecule has 0 amide bonds. The van der Waals surface area contributed by atoms with Crippen LogP contribution >= 0.6 is 11.6 Å². The second kappa shape index (κ2) is 6.77. The number of anilines is 1. The van der Waals surface area contributed by atoms with E-state index >= 15 is 0 Å². The summed E-state index contributed by atoms with van der Waals surface area (Å²) >= 11 is 5.90. The minimum atomic E-state index is 0.639. The largest absolute Gasteiger partial charge is 0.398 e. The second-order valence-corrected chi connectivity index (χ2v) is 4.49. The fraction of sp³-hybridized carbons (Fsp3) is 0.538. The first kappa shape index (κ1) is 13.3. The molecule has 0 spiro atoms. The Kier molecular flexibility index (Phi) is 5.64. The van der Waals surface area contributed by atoms with Crippen LogP contribution in [0.2, 0.25) is 5.02 Å². The maximum absolute atomic E-state index is 5.90. The number of hydrogen-bond acceptors (Lipinski definition) is 2. The van der Waals surface area contributed by atoms with Crippen molar-refractivity contribution in [3.05, 3.63) is 28.8 Å². The lowest BCUT2D eigenvalue weighted by Gasteiger charge is -2.20. The fourth-order valence-electron chi connectivity index (χ4n) is 1.68. The first-order valence-corrected chi connectivity index (χ1v) is 6.31. The van der Waals surface area contributed by atoms with Gasteiger partial charge in [0.25, 0.3) is 0 Å². The molecule has 0 heterocycles. The molecule has 0 saturated heterocycles. The van der Waals surface area contributed by atoms with Gasteiger partial charge in [0.2, 0.25) is 0 Å². The lowest BCUT2D eigenvalue weighted by molar-refractivity contribution is 0.275. The van der Waals surface area contributed by atoms with E-state index in [-0.39, 0.29) is 0 Å². The van der Waals surface area contributed by atoms with Crippen molar-refractivity contribution in [2.75, 3.05) is 18.8 Å². The summed E-state index contributed by atoms with van der Waals surface area (Å²) in [5.74, 6) is 0. The monoisotopic (exact) mass is 240 g/mol. The van der Waals surface area contributed by atoms with Gasteiger partial charge in [-0.3, -0.25) is 4.90 Å². The van der Waals surface area contributed by atoms with Crippen LogP contribution in [0.4, 0.5) is 5.69 Å². The molecule has 1 aromatic rings. The molecular weight excluding hydrogens is 220 g/mol. The van der Waals surface area contributed by atoms with Gasteiger partial charge in [-0.05, 0) is 37.2 Å². The van der Waals surface area contributed by atoms with Crippen molar-refractivity contribution in [2.24, 2.45) is 0 Å². The van der Waals surface area contributed by atoms with Crippen LogP contribution in [-0.4, -0.2) is 18.0 Å². The molecule has 0 unspecified atom stereocenters. The molecule has 0 radical (unpaired) electrons. The molecule has 0 atom stereocenters. The van der Waals surface area contributed by atoms with E-state index < -0.39 is 0 Å². The zero-order chi connectivity index (χ0) is 12.0. The molecule has 0 saturated carbocycles. The Morgan fingerprint density at radius 2 is 2.06 bits per heavy atom. The number of rotatable bonds is 6. The molecule has 0 bridgehead atoms. The molecule has 16 heavy (non-hydrogen) atoms. The van der Waals surface area contributed by atoms with E-state index in [0.717, 1.165) is 19.6 Å². The summed E-state index contributed by atoms with van der Waals surface area (Å²) in [6, 6.07) is 5.89. The first-order chi connectivity index (χ1) is 7.67. The van der Waals surface area contributed by atoms with Gasteiger partial charge >= 0.3 is 0 Å². The van der Waals surface area contributed by atoms with Crippen molar-refractivity contribution in [3.8, 4) is 0 Å². The summed E-state index contributed by atoms with van der Waals surface area (Å²) in [7, 11) is 0. The van der Waals surface area contributed by atoms with Crippen molar-refractivity contribution in [3.63, 3.8) is 0 Å². The molecule has 0 fully saturated rings. The summed E-state index contributed by atoms with van der Waals surface area (Å²) in [5, 5.41) is 0.639. The summed E-state index contributed by atoms with van der Waals surface area (Å²) < 4.78 is 0. The summed E-state index contributed by atoms with van der Waals surface area (Å²) in [6.45, 7) is 7.58. The highest BCUT2D eigenvalue weighted by Gasteiger charge is 2.04. The minimum absolute atomic E-state index is 0.639. The number of halogens is 1. The number of benzene rings is 1. The minimum Gasteiger partial charge on any atom is -0.398 e. The second-order valence-electron chi connectivity index (χ2n) is 4.08. The van der Waals surface area contributed by atoms with Crippen molar-refractivity contribution in [1.29, 1.82) is 0 Å². The van der Waals surface area contributed by atoms with Crippen molar-refractivity contribution in [2.45, 2.75) is 33.2 Å². The Bertz CT molecular complexity index is 326. The average Bonchev–Trinajstić information content (AvgIpc) is 2.29. The highest BCUT2D eigenvalue weighted by atomic mass is 35.5. The lowest BCUT2D eigenvalue weighted by atomic mass is 10.2. The van der Waals surface area contributed by atoms with Gasteiger partial charge in [-0.2, -0.15) is 0 Å². The van der Waals surface area contributed by atoms with Crippen molar-refractivity contribution in [1.82, 2.24) is 4.90 Å². The van der Waals surface area contributed by atoms with Gasteiger partial charge in [-0.1, -0.05) is 37.9 Å². The van der Waals surface area contributed by atoms with Gasteiger partial charge in [0.15, 0.2) is 0 Å². The van der Waals surface area contributed by atoms with Crippen LogP contribution in [0.5, 0.6) is 0 Å². The SMILES string of the molecule is CCCCN(CC)Cc1ccc(Cl)c(N)c1. The van der Waals surface area contributed by atoms with Gasteiger partial charge in [-0.15, -0.1) is 0 Å². The van der Waals surface area contributed by atoms with Gasteiger partial charge in [0.05, 0.1) is 10.7 Å². The van der Waals surface area contributed by atoms with E-state index in [4.69, 9.17) is 17.3 Å². The van der Waals surface area contributed by atoms with Crippen LogP contribution in [-0.2, 0) is 6.54 Å². The maximum Gasteiger partial charge on any atom is 0.0635 e. The number of nitrogens with zero attached hydrogens (tertiary/aromatic N) is 1. The molecule has 0 aromatic heterocycles. The highest BCUT2D eigenvalue weighted by Crippen LogP contribution is 2.20. The van der Waals surface area contributed by atoms with Crippen LogP contribution in [0.1, 0.15) is 32.3 Å². The summed E-state index contributed by atoms with van der Waals surface area (Å²) in [4.78, 5) is 2.42. The number of nitrogens with two attached hydrogens (primary N) is 1. The van der Waals surface area contributed by atoms with E-state index in [9.17, 15) is 0 Å². The smallest absolute Gasteiger partial charge is 0.0635 e. The molecule has 0 aliphatic heterocycles. The molecule has 3 heteroatoms. The van der Waals surface area contributed by atoms with Crippen LogP contribution in [0.3, 0.4) is 0 Å². The Hall–Kier alpha value is -0.730. The van der Waals surface area contributed by atoms with Gasteiger partial charge in [-0.25, -0.2) is 0 Å². The fourth-order valence-corrected chi connectivity index (χ4v) is 1.80. The third-order valence-corrected chi connectivity index (χ3v) is 3.09. The van der Waals surface area contributed by atoms with E-state index in [1.807, 2.05) is 18.2 Å². The molecule has 0 aliphatic rings. The van der Waals surface area contributed by atoms with Crippen molar-refractivity contribution >= 4 is 17.3 Å². The topological polar surface area (TPSA) is 29.3 Å². The van der Waals surface area contributed by atoms with E-state index in [1.165, 1.54) is 18.4 Å². The Labute approximate surface area is 103 Å². The average molecular weight is 241 g/mol. The highest BCUT2D eigenvalue weighted by molar-refractivity contribution is 6.33. The van der Waals surface area contributed by atoms with Crippen LogP contribution in [0.15, 0.2) is 18.2 Å². The Morgan fingerprint density at radius 1 is 1.31 bits per heavy atom. The molecule has 1 rings (SSSR count). The normalized spacial score (nSPS) is 11.0. The Morgan fingerprint density at radius 3 is 2.62 bits per heavy atom. The van der Waals surface area contributed by atoms with Crippen molar-refractivity contribution < 1.29 is 0 Å². The summed E-state index contributed by atoms with van der Waals surface area (Å²) in [6.07, 6.45) is 2.48. The maximum atomic E-state index is 5.90. The third kappa shape index (κ3) is 4.03. The predicted octanol–water partition coefficient (Wildman–Crippen LogP) is 3.54. The predicted molar refractivity (Wildman–Crippen MR) is 71.7 cm³/mol. The van der Waals surface area contributed by atoms with E-state index in [1.54, 1.807) is 0 Å². The van der Waals surface area contributed by atoms with E-state index in [2.05, 4.69) is 18.7 Å². The van der Waals surface area contributed by atoms with E-state index in [0.29, 0.717) is 10.7 Å². The van der Waals surface area contributed by atoms with Gasteiger partial charge in [0.1, 0.15) is 0 Å². The molecule has 2 nitrogen and oxygen atoms in total. The number of nitrogen functional groups attached to an aromatic ring is 1. The quantitative estimate of drug-likeness (QED) is 0.771. The third-order valence-electron chi connectivity index (χ3n) is 2.74. The standard InChI is InChI=1S/C13H21ClN2/c1-3-5-8-16(4-2)10-11-6-7-12(14)13(15)9-11/h6-7,9H,3-5,8,10,15H2,1-2H3. The zero-order valence-electron chi connectivity index (χ0n) is 10.2. The lowest BCUT2D eigenvalue weighted by Crippen LogP contribution is -2.23. The molecule has 2 N–H and O–H groups in total. The number of hydrogen-bond donors (Lipinski definition) is 1. The molecule has 1 aromatic carbocycles. The Balaban J connectivity index is 2.59. The number of unbranched alkanes of at least 4 members (excludes halogenated alkanes) is 1. The van der Waals surface area contributed by atoms with Crippen LogP contribution in [0, 0.1) is 0 Å². The van der Waals surface area contributed by atoms with Gasteiger partial charge in [0, 0.05) is 6.54 Å². The molecule has 0 aliphatic carbocycles. The van der Waals surface area contributed by atoms with Crippen LogP contribution < -0.4 is 5.73 Å². The van der Waals surface area contributed by atoms with Gasteiger partial charge < -0.3 is 5.73 Å². The molecule has 90 valence electrons. The van der Waals surface area contributed by atoms with Crippen LogP contribution in [0.25, 0.3) is 0 Å². The molecular formula is C13H21ClN2. The summed E-state index contributed by atoms with van der Waals surface area (Å²) in [5.41, 5.74) is 7.70. The first-order valence-electron chi connectivity index (χ1n) is 5.93. The zero-order valence-corrected chi connectivity index (χ0v) is 10.9.